The number of hydrogen-bond donors (Lipinski definition) is 2. The minimum atomic E-state index is 0.262. The highest BCUT2D eigenvalue weighted by Crippen LogP contribution is 2.23. The van der Waals surface area contributed by atoms with Crippen LogP contribution in [0.3, 0.4) is 0 Å². The molecule has 140 valence electrons. The fraction of sp³-hybridized carbons (Fsp3) is 0.632. The summed E-state index contributed by atoms with van der Waals surface area (Å²) in [7, 11) is 1.59. The van der Waals surface area contributed by atoms with Gasteiger partial charge < -0.3 is 24.8 Å². The van der Waals surface area contributed by atoms with E-state index in [1.54, 1.807) is 13.2 Å². The molecule has 2 N–H and O–H groups in total. The number of methoxy groups -OCH3 is 1. The van der Waals surface area contributed by atoms with E-state index in [4.69, 9.17) is 14.5 Å². The van der Waals surface area contributed by atoms with Crippen molar-refractivity contribution in [2.45, 2.75) is 26.7 Å². The summed E-state index contributed by atoms with van der Waals surface area (Å²) in [5, 5.41) is 13.4. The van der Waals surface area contributed by atoms with Crippen LogP contribution in [0.1, 0.15) is 25.8 Å². The van der Waals surface area contributed by atoms with Gasteiger partial charge in [-0.25, -0.2) is 0 Å². The van der Waals surface area contributed by atoms with E-state index in [9.17, 15) is 5.11 Å². The second-order valence-electron chi connectivity index (χ2n) is 6.24. The van der Waals surface area contributed by atoms with Crippen molar-refractivity contribution in [3.05, 3.63) is 23.8 Å². The Balaban J connectivity index is 1.91. The van der Waals surface area contributed by atoms with E-state index in [1.165, 1.54) is 0 Å². The first kappa shape index (κ1) is 19.4. The van der Waals surface area contributed by atoms with Gasteiger partial charge in [0.2, 0.25) is 0 Å². The van der Waals surface area contributed by atoms with E-state index >= 15 is 0 Å². The number of rotatable bonds is 8. The number of benzene rings is 1. The van der Waals surface area contributed by atoms with Crippen molar-refractivity contribution >= 4 is 5.96 Å². The maximum atomic E-state index is 10.1. The molecular formula is C19H31N3O3. The fourth-order valence-corrected chi connectivity index (χ4v) is 3.04. The Kier molecular flexibility index (Phi) is 7.85. The number of nitrogens with zero attached hydrogens (tertiary/aromatic N) is 2. The normalized spacial score (nSPS) is 17.8. The van der Waals surface area contributed by atoms with Crippen molar-refractivity contribution in [1.29, 1.82) is 0 Å². The Bertz CT molecular complexity index is 563. The molecule has 6 nitrogen and oxygen atoms in total. The number of guanidine groups is 1. The van der Waals surface area contributed by atoms with Crippen molar-refractivity contribution in [2.75, 3.05) is 46.5 Å². The zero-order chi connectivity index (χ0) is 18.1. The maximum Gasteiger partial charge on any atom is 0.193 e. The van der Waals surface area contributed by atoms with Gasteiger partial charge in [-0.1, -0.05) is 6.07 Å². The van der Waals surface area contributed by atoms with Crippen molar-refractivity contribution in [1.82, 2.24) is 10.2 Å². The molecule has 1 aliphatic rings. The summed E-state index contributed by atoms with van der Waals surface area (Å²) in [6, 6.07) is 5.40. The highest BCUT2D eigenvalue weighted by atomic mass is 16.5. The molecule has 6 heteroatoms. The molecule has 1 aromatic rings. The van der Waals surface area contributed by atoms with Crippen LogP contribution in [0, 0.1) is 5.92 Å². The van der Waals surface area contributed by atoms with Crippen molar-refractivity contribution in [3.8, 4) is 11.5 Å². The SMILES string of the molecule is CCNC(=NCCc1ccc(OC)cc1O)N1CCC(COCC)C1. The quantitative estimate of drug-likeness (QED) is 0.557. The lowest BCUT2D eigenvalue weighted by molar-refractivity contribution is 0.114. The standard InChI is InChI=1S/C19H31N3O3/c1-4-20-19(22-11-9-15(13-22)14-25-5-2)21-10-8-16-6-7-17(24-3)12-18(16)23/h6-7,12,15,23H,4-5,8-11,13-14H2,1-3H3,(H,20,21). The van der Waals surface area contributed by atoms with Crippen LogP contribution in [0.15, 0.2) is 23.2 Å². The monoisotopic (exact) mass is 349 g/mol. The average molecular weight is 349 g/mol. The zero-order valence-electron chi connectivity index (χ0n) is 15.6. The molecule has 1 atom stereocenters. The minimum absolute atomic E-state index is 0.262. The maximum absolute atomic E-state index is 10.1. The molecule has 0 bridgehead atoms. The van der Waals surface area contributed by atoms with Crippen molar-refractivity contribution < 1.29 is 14.6 Å². The van der Waals surface area contributed by atoms with Gasteiger partial charge in [0.25, 0.3) is 0 Å². The van der Waals surface area contributed by atoms with E-state index in [-0.39, 0.29) is 5.75 Å². The summed E-state index contributed by atoms with van der Waals surface area (Å²) < 4.78 is 10.7. The molecule has 0 spiro atoms. The number of phenols is 1. The molecule has 1 fully saturated rings. The Morgan fingerprint density at radius 2 is 2.24 bits per heavy atom. The van der Waals surface area contributed by atoms with E-state index in [2.05, 4.69) is 17.1 Å². The smallest absolute Gasteiger partial charge is 0.193 e. The number of likely N-dealkylation sites (tertiary alicyclic amines) is 1. The lowest BCUT2D eigenvalue weighted by Crippen LogP contribution is -2.40. The molecule has 0 radical (unpaired) electrons. The molecular weight excluding hydrogens is 318 g/mol. The summed E-state index contributed by atoms with van der Waals surface area (Å²) in [4.78, 5) is 7.04. The van der Waals surface area contributed by atoms with Gasteiger partial charge in [-0.2, -0.15) is 0 Å². The average Bonchev–Trinajstić information content (AvgIpc) is 3.09. The van der Waals surface area contributed by atoms with Crippen molar-refractivity contribution in [3.63, 3.8) is 0 Å². The molecule has 1 heterocycles. The number of phenolic OH excluding ortho intramolecular Hbond substituents is 1. The number of aromatic hydroxyl groups is 1. The van der Waals surface area contributed by atoms with E-state index < -0.39 is 0 Å². The number of nitrogens with one attached hydrogen (secondary N) is 1. The first-order valence-electron chi connectivity index (χ1n) is 9.14. The van der Waals surface area contributed by atoms with Crippen LogP contribution in [0.4, 0.5) is 0 Å². The lowest BCUT2D eigenvalue weighted by Gasteiger charge is -2.21. The number of aliphatic imine (C=N–C) groups is 1. The van der Waals surface area contributed by atoms with Gasteiger partial charge in [-0.3, -0.25) is 4.99 Å². The molecule has 0 aromatic heterocycles. The van der Waals surface area contributed by atoms with Gasteiger partial charge in [0.15, 0.2) is 5.96 Å². The summed E-state index contributed by atoms with van der Waals surface area (Å²) in [6.45, 7) is 9.19. The minimum Gasteiger partial charge on any atom is -0.508 e. The Morgan fingerprint density at radius 3 is 2.92 bits per heavy atom. The molecule has 1 saturated heterocycles. The van der Waals surface area contributed by atoms with E-state index in [0.29, 0.717) is 24.6 Å². The second kappa shape index (κ2) is 10.1. The van der Waals surface area contributed by atoms with E-state index in [1.807, 2.05) is 19.1 Å². The number of hydrogen-bond acceptors (Lipinski definition) is 4. The highest BCUT2D eigenvalue weighted by molar-refractivity contribution is 5.80. The van der Waals surface area contributed by atoms with Crippen molar-refractivity contribution in [2.24, 2.45) is 10.9 Å². The van der Waals surface area contributed by atoms with Gasteiger partial charge in [-0.15, -0.1) is 0 Å². The predicted octanol–water partition coefficient (Wildman–Crippen LogP) is 2.27. The largest absolute Gasteiger partial charge is 0.508 e. The molecule has 1 aromatic carbocycles. The molecule has 0 aliphatic carbocycles. The first-order valence-corrected chi connectivity index (χ1v) is 9.14. The van der Waals surface area contributed by atoms with Crippen LogP contribution < -0.4 is 10.1 Å². The summed E-state index contributed by atoms with van der Waals surface area (Å²) >= 11 is 0. The molecule has 1 aliphatic heterocycles. The van der Waals surface area contributed by atoms with Crippen LogP contribution in [-0.2, 0) is 11.2 Å². The molecule has 0 amide bonds. The Morgan fingerprint density at radius 1 is 1.40 bits per heavy atom. The van der Waals surface area contributed by atoms with Crippen LogP contribution >= 0.6 is 0 Å². The molecule has 1 unspecified atom stereocenters. The molecule has 25 heavy (non-hydrogen) atoms. The predicted molar refractivity (Wildman–Crippen MR) is 101 cm³/mol. The van der Waals surface area contributed by atoms with Gasteiger partial charge in [0.05, 0.1) is 13.7 Å². The third-order valence-corrected chi connectivity index (χ3v) is 4.41. The van der Waals surface area contributed by atoms with E-state index in [0.717, 1.165) is 50.8 Å². The fourth-order valence-electron chi connectivity index (χ4n) is 3.04. The van der Waals surface area contributed by atoms with Gasteiger partial charge >= 0.3 is 0 Å². The van der Waals surface area contributed by atoms with Crippen LogP contribution in [0.5, 0.6) is 11.5 Å². The van der Waals surface area contributed by atoms with Gasteiger partial charge in [0, 0.05) is 44.8 Å². The van der Waals surface area contributed by atoms with Crippen LogP contribution in [0.2, 0.25) is 0 Å². The highest BCUT2D eigenvalue weighted by Gasteiger charge is 2.24. The summed E-state index contributed by atoms with van der Waals surface area (Å²) in [6.07, 6.45) is 1.84. The summed E-state index contributed by atoms with van der Waals surface area (Å²) in [5.41, 5.74) is 0.885. The topological polar surface area (TPSA) is 66.3 Å². The molecule has 0 saturated carbocycles. The first-order chi connectivity index (χ1) is 12.2. The summed E-state index contributed by atoms with van der Waals surface area (Å²) in [5.74, 6) is 2.46. The third kappa shape index (κ3) is 5.81. The van der Waals surface area contributed by atoms with Gasteiger partial charge in [-0.05, 0) is 38.3 Å². The number of ether oxygens (including phenoxy) is 2. The second-order valence-corrected chi connectivity index (χ2v) is 6.24. The van der Waals surface area contributed by atoms with Crippen LogP contribution in [0.25, 0.3) is 0 Å². The Hall–Kier alpha value is -1.95. The third-order valence-electron chi connectivity index (χ3n) is 4.41. The van der Waals surface area contributed by atoms with Crippen LogP contribution in [-0.4, -0.2) is 62.5 Å². The molecule has 2 rings (SSSR count). The lowest BCUT2D eigenvalue weighted by atomic mass is 10.1. The Labute approximate surface area is 150 Å². The van der Waals surface area contributed by atoms with Gasteiger partial charge in [0.1, 0.15) is 11.5 Å². The zero-order valence-corrected chi connectivity index (χ0v) is 15.6.